The molecule has 0 spiro atoms. The molecule has 0 heterocycles. The van der Waals surface area contributed by atoms with Crippen molar-refractivity contribution in [2.24, 2.45) is 0 Å². The van der Waals surface area contributed by atoms with Crippen LogP contribution in [0.2, 0.25) is 0 Å². The van der Waals surface area contributed by atoms with Crippen LogP contribution in [0.25, 0.3) is 0 Å². The van der Waals surface area contributed by atoms with Crippen LogP contribution in [0, 0.1) is 11.3 Å². The van der Waals surface area contributed by atoms with Gasteiger partial charge < -0.3 is 0 Å². The highest BCUT2D eigenvalue weighted by atomic mass is 32.2. The molecule has 0 aliphatic heterocycles. The zero-order valence-corrected chi connectivity index (χ0v) is 7.79. The molecule has 0 radical (unpaired) electrons. The predicted octanol–water partition coefficient (Wildman–Crippen LogP) is 2.13. The van der Waals surface area contributed by atoms with Crippen molar-refractivity contribution in [2.75, 3.05) is 5.75 Å². The Hall–Kier alpha value is -0.750. The number of rotatable bonds is 2. The third-order valence-corrected chi connectivity index (χ3v) is 1.85. The Morgan fingerprint density at radius 1 is 1.55 bits per heavy atom. The summed E-state index contributed by atoms with van der Waals surface area (Å²) < 4.78 is 0. The van der Waals surface area contributed by atoms with Crippen LogP contribution in [0.3, 0.4) is 0 Å². The summed E-state index contributed by atoms with van der Waals surface area (Å²) in [6.45, 7) is 5.43. The van der Waals surface area contributed by atoms with Crippen molar-refractivity contribution in [2.45, 2.75) is 20.8 Å². The molecule has 0 aromatic heterocycles. The van der Waals surface area contributed by atoms with Gasteiger partial charge in [0.2, 0.25) is 5.12 Å². The van der Waals surface area contributed by atoms with Gasteiger partial charge in [0.25, 0.3) is 0 Å². The first-order valence-corrected chi connectivity index (χ1v) is 4.36. The number of hydrogen-bond acceptors (Lipinski definition) is 3. The minimum Gasteiger partial charge on any atom is -0.281 e. The molecule has 0 unspecified atom stereocenters. The molecule has 0 aliphatic carbocycles. The largest absolute Gasteiger partial charge is 0.281 e. The van der Waals surface area contributed by atoms with Gasteiger partial charge >= 0.3 is 0 Å². The maximum Gasteiger partial charge on any atom is 0.229 e. The van der Waals surface area contributed by atoms with Gasteiger partial charge in [-0.15, -0.1) is 0 Å². The van der Waals surface area contributed by atoms with Crippen molar-refractivity contribution < 1.29 is 4.79 Å². The van der Waals surface area contributed by atoms with Gasteiger partial charge in [0.05, 0.1) is 0 Å². The summed E-state index contributed by atoms with van der Waals surface area (Å²) in [5.74, 6) is 0.720. The van der Waals surface area contributed by atoms with Crippen LogP contribution in [-0.4, -0.2) is 10.9 Å². The molecule has 0 saturated heterocycles. The van der Waals surface area contributed by atoms with E-state index in [4.69, 9.17) is 5.26 Å². The number of carbonyl (C=O) groups excluding carboxylic acids is 1. The summed E-state index contributed by atoms with van der Waals surface area (Å²) >= 11 is 1.17. The summed E-state index contributed by atoms with van der Waals surface area (Å²) in [5.41, 5.74) is 1.08. The topological polar surface area (TPSA) is 40.9 Å². The highest BCUT2D eigenvalue weighted by molar-refractivity contribution is 8.14. The standard InChI is InChI=1S/C8H11NOS/c1-4-11-8(10)7(5-9)6(2)3/h4H2,1-3H3. The molecule has 3 heteroatoms. The zero-order chi connectivity index (χ0) is 8.85. The van der Waals surface area contributed by atoms with Gasteiger partial charge in [-0.2, -0.15) is 5.26 Å². The van der Waals surface area contributed by atoms with Crippen LogP contribution in [0.1, 0.15) is 20.8 Å². The van der Waals surface area contributed by atoms with Crippen molar-refractivity contribution in [3.05, 3.63) is 11.1 Å². The Labute approximate surface area is 71.3 Å². The number of nitriles is 1. The number of nitrogens with zero attached hydrogens (tertiary/aromatic N) is 1. The molecule has 0 aromatic carbocycles. The average molecular weight is 169 g/mol. The van der Waals surface area contributed by atoms with E-state index >= 15 is 0 Å². The van der Waals surface area contributed by atoms with Gasteiger partial charge in [-0.25, -0.2) is 0 Å². The van der Waals surface area contributed by atoms with Crippen LogP contribution in [0.5, 0.6) is 0 Å². The van der Waals surface area contributed by atoms with E-state index in [1.807, 2.05) is 13.0 Å². The highest BCUT2D eigenvalue weighted by Crippen LogP contribution is 2.12. The number of allylic oxidation sites excluding steroid dienone is 1. The van der Waals surface area contributed by atoms with E-state index in [9.17, 15) is 4.79 Å². The summed E-state index contributed by atoms with van der Waals surface area (Å²) in [6.07, 6.45) is 0. The molecular formula is C8H11NOS. The lowest BCUT2D eigenvalue weighted by Crippen LogP contribution is -1.97. The quantitative estimate of drug-likeness (QED) is 0.469. The highest BCUT2D eigenvalue weighted by Gasteiger charge is 2.09. The summed E-state index contributed by atoms with van der Waals surface area (Å²) in [4.78, 5) is 11.1. The first-order chi connectivity index (χ1) is 5.13. The summed E-state index contributed by atoms with van der Waals surface area (Å²) in [7, 11) is 0. The van der Waals surface area contributed by atoms with Crippen LogP contribution in [-0.2, 0) is 4.79 Å². The molecule has 0 N–H and O–H groups in total. The van der Waals surface area contributed by atoms with Gasteiger partial charge in [0.1, 0.15) is 11.6 Å². The van der Waals surface area contributed by atoms with Crippen LogP contribution in [0.15, 0.2) is 11.1 Å². The van der Waals surface area contributed by atoms with E-state index in [2.05, 4.69) is 0 Å². The lowest BCUT2D eigenvalue weighted by Gasteiger charge is -1.96. The van der Waals surface area contributed by atoms with Crippen LogP contribution in [0.4, 0.5) is 0 Å². The monoisotopic (exact) mass is 169 g/mol. The normalized spacial score (nSPS) is 8.55. The lowest BCUT2D eigenvalue weighted by atomic mass is 10.2. The van der Waals surface area contributed by atoms with Gasteiger partial charge in [0, 0.05) is 0 Å². The molecule has 0 aromatic rings. The fourth-order valence-corrected chi connectivity index (χ4v) is 1.22. The van der Waals surface area contributed by atoms with E-state index < -0.39 is 0 Å². The second-order valence-corrected chi connectivity index (χ2v) is 3.44. The molecular weight excluding hydrogens is 158 g/mol. The molecule has 0 aliphatic rings. The molecule has 0 saturated carbocycles. The molecule has 0 atom stereocenters. The Morgan fingerprint density at radius 3 is 2.36 bits per heavy atom. The van der Waals surface area contributed by atoms with E-state index in [0.717, 1.165) is 11.3 Å². The van der Waals surface area contributed by atoms with Crippen molar-refractivity contribution in [3.63, 3.8) is 0 Å². The first-order valence-electron chi connectivity index (χ1n) is 3.38. The summed E-state index contributed by atoms with van der Waals surface area (Å²) in [5, 5.41) is 8.44. The second kappa shape index (κ2) is 4.97. The Bertz CT molecular complexity index is 221. The minimum absolute atomic E-state index is 0.116. The summed E-state index contributed by atoms with van der Waals surface area (Å²) in [6, 6.07) is 1.90. The number of thioether (sulfide) groups is 1. The molecule has 2 nitrogen and oxygen atoms in total. The maximum absolute atomic E-state index is 11.1. The Balaban J connectivity index is 4.45. The third-order valence-electron chi connectivity index (χ3n) is 1.09. The fraction of sp³-hybridized carbons (Fsp3) is 0.500. The molecule has 11 heavy (non-hydrogen) atoms. The van der Waals surface area contributed by atoms with E-state index in [-0.39, 0.29) is 10.7 Å². The van der Waals surface area contributed by atoms with Gasteiger partial charge in [-0.1, -0.05) is 24.3 Å². The van der Waals surface area contributed by atoms with Crippen molar-refractivity contribution >= 4 is 16.9 Å². The molecule has 60 valence electrons. The molecule has 0 bridgehead atoms. The first kappa shape index (κ1) is 10.2. The van der Waals surface area contributed by atoms with Gasteiger partial charge in [0.15, 0.2) is 0 Å². The van der Waals surface area contributed by atoms with E-state index in [1.54, 1.807) is 13.8 Å². The predicted molar refractivity (Wildman–Crippen MR) is 47.1 cm³/mol. The van der Waals surface area contributed by atoms with Crippen LogP contribution >= 0.6 is 11.8 Å². The van der Waals surface area contributed by atoms with Crippen molar-refractivity contribution in [3.8, 4) is 6.07 Å². The average Bonchev–Trinajstić information content (AvgIpc) is 1.88. The van der Waals surface area contributed by atoms with Gasteiger partial charge in [-0.3, -0.25) is 4.79 Å². The lowest BCUT2D eigenvalue weighted by molar-refractivity contribution is -0.107. The molecule has 0 fully saturated rings. The minimum atomic E-state index is -0.116. The zero-order valence-electron chi connectivity index (χ0n) is 6.97. The smallest absolute Gasteiger partial charge is 0.229 e. The fourth-order valence-electron chi connectivity index (χ4n) is 0.565. The Morgan fingerprint density at radius 2 is 2.09 bits per heavy atom. The SMILES string of the molecule is CCSC(=O)C(C#N)=C(C)C. The van der Waals surface area contributed by atoms with Crippen molar-refractivity contribution in [1.82, 2.24) is 0 Å². The van der Waals surface area contributed by atoms with Gasteiger partial charge in [-0.05, 0) is 19.6 Å². The number of hydrogen-bond donors (Lipinski definition) is 0. The molecule has 0 rings (SSSR count). The van der Waals surface area contributed by atoms with Crippen molar-refractivity contribution in [1.29, 1.82) is 5.26 Å². The second-order valence-electron chi connectivity index (χ2n) is 2.21. The Kier molecular flexibility index (Phi) is 4.64. The third kappa shape index (κ3) is 3.24. The molecule has 0 amide bonds. The van der Waals surface area contributed by atoms with Crippen LogP contribution < -0.4 is 0 Å². The maximum atomic E-state index is 11.1. The van der Waals surface area contributed by atoms with E-state index in [1.165, 1.54) is 11.8 Å². The number of carbonyl (C=O) groups is 1. The van der Waals surface area contributed by atoms with E-state index in [0.29, 0.717) is 0 Å².